The van der Waals surface area contributed by atoms with Crippen molar-refractivity contribution in [2.75, 3.05) is 26.2 Å². The zero-order valence-electron chi connectivity index (χ0n) is 26.0. The Kier molecular flexibility index (Phi) is 14.8. The number of nitrogens with two attached hydrogens (primary N) is 4. The van der Waals surface area contributed by atoms with Gasteiger partial charge in [-0.1, -0.05) is 48.5 Å². The summed E-state index contributed by atoms with van der Waals surface area (Å²) < 4.78 is 5.68. The molecular weight excluding hydrogens is 574 g/mol. The Morgan fingerprint density at radius 3 is 1.51 bits per heavy atom. The van der Waals surface area contributed by atoms with E-state index in [0.717, 1.165) is 22.3 Å². The maximum Gasteiger partial charge on any atom is 0.407 e. The second-order valence-electron chi connectivity index (χ2n) is 11.4. The second kappa shape index (κ2) is 18.7. The molecule has 0 saturated heterocycles. The third kappa shape index (κ3) is 10.5. The van der Waals surface area contributed by atoms with Crippen molar-refractivity contribution < 1.29 is 23.9 Å². The summed E-state index contributed by atoms with van der Waals surface area (Å²) in [6.45, 7) is 1.41. The molecule has 246 valence electrons. The summed E-state index contributed by atoms with van der Waals surface area (Å²) in [6.07, 6.45) is 3.94. The van der Waals surface area contributed by atoms with E-state index in [9.17, 15) is 19.2 Å². The predicted octanol–water partition coefficient (Wildman–Crippen LogP) is 1.74. The molecule has 1 aliphatic rings. The van der Waals surface area contributed by atoms with E-state index in [0.29, 0.717) is 77.4 Å². The van der Waals surface area contributed by atoms with Crippen LogP contribution in [-0.4, -0.2) is 68.2 Å². The first-order valence-corrected chi connectivity index (χ1v) is 15.9. The van der Waals surface area contributed by atoms with Crippen molar-refractivity contribution in [3.63, 3.8) is 0 Å². The average molecular weight is 624 g/mol. The number of carbonyl (C=O) groups excluding carboxylic acids is 4. The highest BCUT2D eigenvalue weighted by Crippen LogP contribution is 2.44. The molecule has 0 heterocycles. The number of ether oxygens (including phenoxy) is 1. The summed E-state index contributed by atoms with van der Waals surface area (Å²) in [6, 6.07) is 13.2. The van der Waals surface area contributed by atoms with Crippen LogP contribution in [0.15, 0.2) is 48.5 Å². The van der Waals surface area contributed by atoms with E-state index in [-0.39, 0.29) is 12.5 Å². The first-order chi connectivity index (χ1) is 21.8. The monoisotopic (exact) mass is 623 g/mol. The van der Waals surface area contributed by atoms with Gasteiger partial charge in [0.2, 0.25) is 17.7 Å². The van der Waals surface area contributed by atoms with E-state index in [4.69, 9.17) is 27.7 Å². The molecule has 3 atom stereocenters. The molecule has 3 rings (SSSR count). The molecule has 1 aliphatic carbocycles. The van der Waals surface area contributed by atoms with Gasteiger partial charge in [0.1, 0.15) is 24.7 Å². The Morgan fingerprint density at radius 2 is 1.04 bits per heavy atom. The van der Waals surface area contributed by atoms with Crippen molar-refractivity contribution in [2.45, 2.75) is 81.8 Å². The molecule has 4 amide bonds. The van der Waals surface area contributed by atoms with Gasteiger partial charge in [-0.05, 0) is 99.7 Å². The van der Waals surface area contributed by atoms with Gasteiger partial charge >= 0.3 is 6.09 Å². The fraction of sp³-hybridized carbons (Fsp3) is 0.515. The number of unbranched alkanes of at least 4 members (excludes halogenated alkanes) is 3. The van der Waals surface area contributed by atoms with Gasteiger partial charge in [0, 0.05) is 5.92 Å². The van der Waals surface area contributed by atoms with E-state index < -0.39 is 41.9 Å². The smallest absolute Gasteiger partial charge is 0.407 e. The highest BCUT2D eigenvalue weighted by atomic mass is 16.5. The molecular formula is C33H49N7O5. The van der Waals surface area contributed by atoms with Crippen molar-refractivity contribution in [2.24, 2.45) is 22.9 Å². The normalized spacial score (nSPS) is 14.0. The number of hydrogen-bond donors (Lipinski definition) is 7. The summed E-state index contributed by atoms with van der Waals surface area (Å²) in [5, 5.41) is 8.16. The Hall–Kier alpha value is -4.00. The Balaban J connectivity index is 1.67. The molecule has 0 aromatic heterocycles. The highest BCUT2D eigenvalue weighted by molar-refractivity contribution is 5.93. The molecule has 0 unspecified atom stereocenters. The maximum atomic E-state index is 13.5. The lowest BCUT2D eigenvalue weighted by molar-refractivity contribution is -0.132. The lowest BCUT2D eigenvalue weighted by Crippen LogP contribution is -2.56. The summed E-state index contributed by atoms with van der Waals surface area (Å²) in [5.74, 6) is -1.86. The molecule has 12 nitrogen and oxygen atoms in total. The SMILES string of the molecule is NCCCC[C@H](NC(=O)[C@H](CCCCN)NC(=O)[C@H](CCCCN)NC(=O)OCC1c2ccccc2-c2ccccc21)C(N)=O. The van der Waals surface area contributed by atoms with Gasteiger partial charge in [-0.25, -0.2) is 4.79 Å². The number of fused-ring (bicyclic) bond motifs is 3. The molecule has 45 heavy (non-hydrogen) atoms. The van der Waals surface area contributed by atoms with Crippen molar-refractivity contribution in [1.29, 1.82) is 0 Å². The summed E-state index contributed by atoms with van der Waals surface area (Å²) >= 11 is 0. The van der Waals surface area contributed by atoms with Crippen molar-refractivity contribution >= 4 is 23.8 Å². The van der Waals surface area contributed by atoms with E-state index in [1.807, 2.05) is 36.4 Å². The number of nitrogens with one attached hydrogen (secondary N) is 3. The first-order valence-electron chi connectivity index (χ1n) is 15.9. The minimum absolute atomic E-state index is 0.0970. The molecule has 0 bridgehead atoms. The molecule has 0 radical (unpaired) electrons. The summed E-state index contributed by atoms with van der Waals surface area (Å²) in [7, 11) is 0. The fourth-order valence-electron chi connectivity index (χ4n) is 5.63. The molecule has 0 spiro atoms. The number of hydrogen-bond acceptors (Lipinski definition) is 8. The van der Waals surface area contributed by atoms with Crippen LogP contribution in [-0.2, 0) is 19.1 Å². The van der Waals surface area contributed by atoms with Crippen molar-refractivity contribution in [1.82, 2.24) is 16.0 Å². The third-order valence-electron chi connectivity index (χ3n) is 8.09. The number of amides is 4. The highest BCUT2D eigenvalue weighted by Gasteiger charge is 2.31. The number of benzene rings is 2. The van der Waals surface area contributed by atoms with Crippen LogP contribution in [0.1, 0.15) is 74.8 Å². The maximum absolute atomic E-state index is 13.5. The zero-order valence-corrected chi connectivity index (χ0v) is 26.0. The van der Waals surface area contributed by atoms with Gasteiger partial charge < -0.3 is 43.6 Å². The summed E-state index contributed by atoms with van der Waals surface area (Å²) in [5.41, 5.74) is 26.8. The number of carbonyl (C=O) groups is 4. The molecule has 0 fully saturated rings. The van der Waals surface area contributed by atoms with Crippen LogP contribution in [0.25, 0.3) is 11.1 Å². The van der Waals surface area contributed by atoms with Gasteiger partial charge in [0.05, 0.1) is 0 Å². The molecule has 0 aliphatic heterocycles. The van der Waals surface area contributed by atoms with E-state index in [1.165, 1.54) is 0 Å². The van der Waals surface area contributed by atoms with Gasteiger partial charge in [-0.2, -0.15) is 0 Å². The zero-order chi connectivity index (χ0) is 32.6. The van der Waals surface area contributed by atoms with Gasteiger partial charge in [-0.3, -0.25) is 14.4 Å². The molecule has 11 N–H and O–H groups in total. The number of rotatable bonds is 20. The van der Waals surface area contributed by atoms with E-state index in [2.05, 4.69) is 28.1 Å². The summed E-state index contributed by atoms with van der Waals surface area (Å²) in [4.78, 5) is 51.8. The molecule has 12 heteroatoms. The van der Waals surface area contributed by atoms with Crippen LogP contribution in [0.4, 0.5) is 4.79 Å². The quantitative estimate of drug-likeness (QED) is 0.107. The van der Waals surface area contributed by atoms with Crippen molar-refractivity contribution in [3.8, 4) is 11.1 Å². The second-order valence-corrected chi connectivity index (χ2v) is 11.4. The van der Waals surface area contributed by atoms with Crippen LogP contribution in [0.3, 0.4) is 0 Å². The largest absolute Gasteiger partial charge is 0.449 e. The third-order valence-corrected chi connectivity index (χ3v) is 8.09. The van der Waals surface area contributed by atoms with E-state index in [1.54, 1.807) is 0 Å². The minimum atomic E-state index is -0.964. The number of primary amides is 1. The lowest BCUT2D eigenvalue weighted by Gasteiger charge is -2.25. The van der Waals surface area contributed by atoms with Gasteiger partial charge in [-0.15, -0.1) is 0 Å². The molecule has 0 saturated carbocycles. The van der Waals surface area contributed by atoms with Gasteiger partial charge in [0.15, 0.2) is 0 Å². The fourth-order valence-corrected chi connectivity index (χ4v) is 5.63. The van der Waals surface area contributed by atoms with Gasteiger partial charge in [0.25, 0.3) is 0 Å². The lowest BCUT2D eigenvalue weighted by atomic mass is 9.98. The standard InChI is InChI=1S/C33H49N7O5/c34-18-8-5-15-27(30(37)41)38-31(42)28(16-6-9-19-35)39-32(43)29(17-7-10-20-36)40-33(44)45-21-26-24-13-3-1-11-22(24)23-12-2-4-14-25(23)26/h1-4,11-14,26-29H,5-10,15-21,34-36H2,(H2,37,41)(H,38,42)(H,39,43)(H,40,44)/t27-,28-,29-/m0/s1. The first kappa shape index (κ1) is 35.5. The Morgan fingerprint density at radius 1 is 0.622 bits per heavy atom. The Bertz CT molecular complexity index is 1230. The van der Waals surface area contributed by atoms with Crippen LogP contribution in [0.2, 0.25) is 0 Å². The average Bonchev–Trinajstić information content (AvgIpc) is 3.35. The van der Waals surface area contributed by atoms with Crippen LogP contribution >= 0.6 is 0 Å². The topological polar surface area (TPSA) is 218 Å². The number of alkyl carbamates (subject to hydrolysis) is 1. The predicted molar refractivity (Wildman–Crippen MR) is 174 cm³/mol. The molecule has 2 aromatic carbocycles. The van der Waals surface area contributed by atoms with Crippen LogP contribution in [0.5, 0.6) is 0 Å². The van der Waals surface area contributed by atoms with Crippen molar-refractivity contribution in [3.05, 3.63) is 59.7 Å². The van der Waals surface area contributed by atoms with Crippen LogP contribution in [0, 0.1) is 0 Å². The van der Waals surface area contributed by atoms with Crippen LogP contribution < -0.4 is 38.9 Å². The minimum Gasteiger partial charge on any atom is -0.449 e. The Labute approximate surface area is 265 Å². The van der Waals surface area contributed by atoms with E-state index >= 15 is 0 Å². The molecule has 2 aromatic rings.